The van der Waals surface area contributed by atoms with Gasteiger partial charge in [0.25, 0.3) is 0 Å². The van der Waals surface area contributed by atoms with Gasteiger partial charge in [0.2, 0.25) is 0 Å². The first-order valence-electron chi connectivity index (χ1n) is 7.33. The van der Waals surface area contributed by atoms with Gasteiger partial charge in [0, 0.05) is 11.8 Å². The molecule has 1 nitrogen and oxygen atoms in total. The van der Waals surface area contributed by atoms with Crippen LogP contribution in [0.3, 0.4) is 0 Å². The molecule has 0 atom stereocenters. The van der Waals surface area contributed by atoms with Crippen molar-refractivity contribution < 1.29 is 0 Å². The van der Waals surface area contributed by atoms with Gasteiger partial charge in [-0.05, 0) is 17.2 Å². The molecule has 0 bridgehead atoms. The molecule has 0 saturated carbocycles. The van der Waals surface area contributed by atoms with Crippen LogP contribution < -0.4 is 0 Å². The highest BCUT2D eigenvalue weighted by Crippen LogP contribution is 2.21. The number of benzene rings is 3. The Labute approximate surface area is 131 Å². The Morgan fingerprint density at radius 3 is 1.86 bits per heavy atom. The fourth-order valence-electron chi connectivity index (χ4n) is 2.18. The van der Waals surface area contributed by atoms with Crippen LogP contribution >= 0.6 is 0 Å². The van der Waals surface area contributed by atoms with Gasteiger partial charge in [-0.25, -0.2) is 0 Å². The molecule has 0 aliphatic heterocycles. The number of rotatable bonds is 4. The summed E-state index contributed by atoms with van der Waals surface area (Å²) < 4.78 is 0. The maximum absolute atomic E-state index is 4.61. The third kappa shape index (κ3) is 3.80. The molecule has 0 saturated heterocycles. The number of aliphatic imine (C=N–C) groups is 1. The van der Waals surface area contributed by atoms with Crippen LogP contribution in [-0.4, -0.2) is 6.21 Å². The van der Waals surface area contributed by atoms with E-state index in [4.69, 9.17) is 0 Å². The van der Waals surface area contributed by atoms with Crippen LogP contribution in [0.15, 0.2) is 89.9 Å². The Morgan fingerprint density at radius 1 is 0.545 bits per heavy atom. The SMILES string of the molecule is C(=Cc1ccccc1N=Cc1ccccc1)c1ccccc1. The molecule has 0 unspecified atom stereocenters. The number of hydrogen-bond acceptors (Lipinski definition) is 1. The molecule has 0 radical (unpaired) electrons. The van der Waals surface area contributed by atoms with Gasteiger partial charge in [-0.15, -0.1) is 0 Å². The van der Waals surface area contributed by atoms with Crippen LogP contribution in [0.25, 0.3) is 12.2 Å². The highest BCUT2D eigenvalue weighted by molar-refractivity contribution is 5.84. The molecule has 0 aliphatic rings. The van der Waals surface area contributed by atoms with Gasteiger partial charge in [0.1, 0.15) is 0 Å². The maximum atomic E-state index is 4.61. The molecule has 106 valence electrons. The van der Waals surface area contributed by atoms with Gasteiger partial charge in [-0.2, -0.15) is 0 Å². The van der Waals surface area contributed by atoms with E-state index in [9.17, 15) is 0 Å². The van der Waals surface area contributed by atoms with Gasteiger partial charge in [0.05, 0.1) is 5.69 Å². The van der Waals surface area contributed by atoms with Crippen LogP contribution in [0.1, 0.15) is 16.7 Å². The monoisotopic (exact) mass is 283 g/mol. The number of hydrogen-bond donors (Lipinski definition) is 0. The Hall–Kier alpha value is -2.93. The van der Waals surface area contributed by atoms with Gasteiger partial charge < -0.3 is 0 Å². The van der Waals surface area contributed by atoms with Gasteiger partial charge in [-0.3, -0.25) is 4.99 Å². The van der Waals surface area contributed by atoms with E-state index in [-0.39, 0.29) is 0 Å². The van der Waals surface area contributed by atoms with Crippen LogP contribution in [0.4, 0.5) is 5.69 Å². The molecule has 3 aromatic rings. The largest absolute Gasteiger partial charge is 0.256 e. The van der Waals surface area contributed by atoms with Crippen molar-refractivity contribution in [1.82, 2.24) is 0 Å². The second-order valence-corrected chi connectivity index (χ2v) is 4.97. The molecule has 3 rings (SSSR count). The summed E-state index contributed by atoms with van der Waals surface area (Å²) in [7, 11) is 0. The Balaban J connectivity index is 1.84. The van der Waals surface area contributed by atoms with Crippen LogP contribution in [0.2, 0.25) is 0 Å². The quantitative estimate of drug-likeness (QED) is 0.436. The van der Waals surface area contributed by atoms with Crippen molar-refractivity contribution in [3.8, 4) is 0 Å². The molecule has 0 heterocycles. The Bertz CT molecular complexity index is 703. The summed E-state index contributed by atoms with van der Waals surface area (Å²) in [6.07, 6.45) is 6.11. The second kappa shape index (κ2) is 7.19. The van der Waals surface area contributed by atoms with E-state index in [2.05, 4.69) is 35.3 Å². The summed E-state index contributed by atoms with van der Waals surface area (Å²) in [4.78, 5) is 4.61. The zero-order chi connectivity index (χ0) is 15.0. The van der Waals surface area contributed by atoms with Crippen LogP contribution in [-0.2, 0) is 0 Å². The molecule has 0 N–H and O–H groups in total. The van der Waals surface area contributed by atoms with Crippen molar-refractivity contribution in [2.24, 2.45) is 4.99 Å². The van der Waals surface area contributed by atoms with Crippen LogP contribution in [0, 0.1) is 0 Å². The summed E-state index contributed by atoms with van der Waals surface area (Å²) in [5, 5.41) is 0. The third-order valence-electron chi connectivity index (χ3n) is 3.34. The van der Waals surface area contributed by atoms with E-state index in [0.29, 0.717) is 0 Å². The van der Waals surface area contributed by atoms with Gasteiger partial charge >= 0.3 is 0 Å². The zero-order valence-electron chi connectivity index (χ0n) is 12.3. The molecule has 3 aromatic carbocycles. The van der Waals surface area contributed by atoms with Gasteiger partial charge in [0.15, 0.2) is 0 Å². The molecule has 0 amide bonds. The highest BCUT2D eigenvalue weighted by atomic mass is 14.7. The van der Waals surface area contributed by atoms with Crippen molar-refractivity contribution in [2.45, 2.75) is 0 Å². The number of nitrogens with zero attached hydrogens (tertiary/aromatic N) is 1. The van der Waals surface area contributed by atoms with Crippen molar-refractivity contribution in [1.29, 1.82) is 0 Å². The molecule has 0 aromatic heterocycles. The normalized spacial score (nSPS) is 11.3. The summed E-state index contributed by atoms with van der Waals surface area (Å²) in [6, 6.07) is 28.6. The maximum Gasteiger partial charge on any atom is 0.0702 e. The van der Waals surface area contributed by atoms with Crippen molar-refractivity contribution in [2.75, 3.05) is 0 Å². The molecular weight excluding hydrogens is 266 g/mol. The van der Waals surface area contributed by atoms with Crippen molar-refractivity contribution in [3.05, 3.63) is 102 Å². The average Bonchev–Trinajstić information content (AvgIpc) is 2.61. The fraction of sp³-hybridized carbons (Fsp3) is 0. The lowest BCUT2D eigenvalue weighted by Crippen LogP contribution is -1.80. The predicted molar refractivity (Wildman–Crippen MR) is 95.5 cm³/mol. The van der Waals surface area contributed by atoms with E-state index >= 15 is 0 Å². The van der Waals surface area contributed by atoms with E-state index in [1.54, 1.807) is 0 Å². The molecule has 0 spiro atoms. The zero-order valence-corrected chi connectivity index (χ0v) is 12.3. The first kappa shape index (κ1) is 14.0. The minimum Gasteiger partial charge on any atom is -0.256 e. The number of para-hydroxylation sites is 1. The molecule has 0 fully saturated rings. The van der Waals surface area contributed by atoms with Crippen molar-refractivity contribution in [3.63, 3.8) is 0 Å². The third-order valence-corrected chi connectivity index (χ3v) is 3.34. The second-order valence-electron chi connectivity index (χ2n) is 4.97. The summed E-state index contributed by atoms with van der Waals surface area (Å²) in [6.45, 7) is 0. The highest BCUT2D eigenvalue weighted by Gasteiger charge is 1.96. The molecular formula is C21H17N. The Kier molecular flexibility index (Phi) is 4.58. The van der Waals surface area contributed by atoms with E-state index < -0.39 is 0 Å². The first-order chi connectivity index (χ1) is 10.9. The average molecular weight is 283 g/mol. The smallest absolute Gasteiger partial charge is 0.0702 e. The summed E-state index contributed by atoms with van der Waals surface area (Å²) >= 11 is 0. The van der Waals surface area contributed by atoms with E-state index in [1.165, 1.54) is 5.56 Å². The molecule has 0 aliphatic carbocycles. The van der Waals surface area contributed by atoms with Gasteiger partial charge in [-0.1, -0.05) is 91.0 Å². The fourth-order valence-corrected chi connectivity index (χ4v) is 2.18. The predicted octanol–water partition coefficient (Wildman–Crippen LogP) is 5.61. The minimum absolute atomic E-state index is 0.971. The molecule has 1 heteroatoms. The Morgan fingerprint density at radius 2 is 1.14 bits per heavy atom. The van der Waals surface area contributed by atoms with Crippen LogP contribution in [0.5, 0.6) is 0 Å². The lowest BCUT2D eigenvalue weighted by atomic mass is 10.1. The minimum atomic E-state index is 0.971. The molecule has 22 heavy (non-hydrogen) atoms. The van der Waals surface area contributed by atoms with Crippen molar-refractivity contribution >= 4 is 24.1 Å². The first-order valence-corrected chi connectivity index (χ1v) is 7.33. The summed E-state index contributed by atoms with van der Waals surface area (Å²) in [5.41, 5.74) is 4.37. The topological polar surface area (TPSA) is 12.4 Å². The lowest BCUT2D eigenvalue weighted by molar-refractivity contribution is 1.50. The van der Waals surface area contributed by atoms with E-state index in [0.717, 1.165) is 16.8 Å². The summed E-state index contributed by atoms with van der Waals surface area (Å²) in [5.74, 6) is 0. The lowest BCUT2D eigenvalue weighted by Gasteiger charge is -2.00. The van der Waals surface area contributed by atoms with E-state index in [1.807, 2.05) is 72.9 Å². The standard InChI is InChI=1S/C21H17N/c1-3-9-18(10-4-1)15-16-20-13-7-8-14-21(20)22-17-19-11-5-2-6-12-19/h1-17H.